The Bertz CT molecular complexity index is 1170. The molecule has 3 rings (SSSR count). The van der Waals surface area contributed by atoms with Gasteiger partial charge in [-0.1, -0.05) is 49.3 Å². The van der Waals surface area contributed by atoms with Gasteiger partial charge in [0.05, 0.1) is 32.4 Å². The maximum absolute atomic E-state index is 12.7. The lowest BCUT2D eigenvalue weighted by molar-refractivity contribution is -0.113. The van der Waals surface area contributed by atoms with Gasteiger partial charge in [0.2, 0.25) is 15.9 Å². The molecular weight excluding hydrogens is 444 g/mol. The Morgan fingerprint density at radius 2 is 1.90 bits per heavy atom. The molecule has 0 aliphatic carbocycles. The highest BCUT2D eigenvalue weighted by Crippen LogP contribution is 2.28. The number of halogens is 1. The lowest BCUT2D eigenvalue weighted by atomic mass is 10.3. The molecule has 160 valence electrons. The van der Waals surface area contributed by atoms with Crippen LogP contribution in [0.5, 0.6) is 0 Å². The smallest absolute Gasteiger partial charge is 0.243 e. The molecule has 0 saturated carbocycles. The SMILES string of the molecule is CCN(CC)S(=O)(=O)c1ccc(Cl)c(NC(=O)CSc2nc3ccccc3n2C)c1. The molecular formula is C20H23ClN4O3S2. The number of para-hydroxylation sites is 2. The van der Waals surface area contributed by atoms with Gasteiger partial charge in [0.15, 0.2) is 5.16 Å². The van der Waals surface area contributed by atoms with Crippen molar-refractivity contribution in [3.05, 3.63) is 47.5 Å². The second-order valence-electron chi connectivity index (χ2n) is 6.51. The van der Waals surface area contributed by atoms with Gasteiger partial charge in [0.25, 0.3) is 0 Å². The van der Waals surface area contributed by atoms with Gasteiger partial charge in [0, 0.05) is 20.1 Å². The quantitative estimate of drug-likeness (QED) is 0.507. The van der Waals surface area contributed by atoms with Crippen molar-refractivity contribution in [3.63, 3.8) is 0 Å². The minimum absolute atomic E-state index is 0.0916. The standard InChI is InChI=1S/C20H23ClN4O3S2/c1-4-25(5-2)30(27,28)14-10-11-15(21)17(12-14)22-19(26)13-29-20-23-16-8-6-7-9-18(16)24(20)3/h6-12H,4-5,13H2,1-3H3,(H,22,26). The van der Waals surface area contributed by atoms with Crippen LogP contribution in [0.25, 0.3) is 11.0 Å². The number of hydrogen-bond donors (Lipinski definition) is 1. The van der Waals surface area contributed by atoms with Crippen LogP contribution in [0.4, 0.5) is 5.69 Å². The number of hydrogen-bond acceptors (Lipinski definition) is 5. The van der Waals surface area contributed by atoms with Crippen molar-refractivity contribution >= 4 is 56.0 Å². The first-order valence-electron chi connectivity index (χ1n) is 9.41. The Morgan fingerprint density at radius 1 is 1.20 bits per heavy atom. The third kappa shape index (κ3) is 4.64. The fourth-order valence-corrected chi connectivity index (χ4v) is 5.48. The summed E-state index contributed by atoms with van der Waals surface area (Å²) < 4.78 is 28.7. The number of aryl methyl sites for hydroxylation is 1. The molecule has 1 heterocycles. The number of sulfonamides is 1. The molecule has 1 N–H and O–H groups in total. The predicted octanol–water partition coefficient (Wildman–Crippen LogP) is 3.99. The van der Waals surface area contributed by atoms with Crippen molar-refractivity contribution < 1.29 is 13.2 Å². The van der Waals surface area contributed by atoms with Crippen LogP contribution in [0.2, 0.25) is 5.02 Å². The van der Waals surface area contributed by atoms with E-state index in [9.17, 15) is 13.2 Å². The zero-order valence-electron chi connectivity index (χ0n) is 16.9. The minimum Gasteiger partial charge on any atom is -0.324 e. The Balaban J connectivity index is 1.74. The topological polar surface area (TPSA) is 84.3 Å². The number of amides is 1. The van der Waals surface area contributed by atoms with Crippen LogP contribution in [-0.4, -0.2) is 47.0 Å². The number of benzene rings is 2. The molecule has 0 aliphatic heterocycles. The van der Waals surface area contributed by atoms with Gasteiger partial charge in [-0.15, -0.1) is 0 Å². The number of aromatic nitrogens is 2. The number of imidazole rings is 1. The van der Waals surface area contributed by atoms with Crippen LogP contribution in [0, 0.1) is 0 Å². The lowest BCUT2D eigenvalue weighted by Crippen LogP contribution is -2.30. The van der Waals surface area contributed by atoms with Gasteiger partial charge in [-0.2, -0.15) is 4.31 Å². The van der Waals surface area contributed by atoms with E-state index >= 15 is 0 Å². The summed E-state index contributed by atoms with van der Waals surface area (Å²) in [4.78, 5) is 17.1. The third-order valence-corrected chi connectivity index (χ3v) is 8.04. The molecule has 30 heavy (non-hydrogen) atoms. The third-order valence-electron chi connectivity index (χ3n) is 4.63. The summed E-state index contributed by atoms with van der Waals surface area (Å²) in [6.45, 7) is 4.27. The molecule has 0 bridgehead atoms. The number of anilines is 1. The van der Waals surface area contributed by atoms with Crippen LogP contribution in [0.1, 0.15) is 13.8 Å². The van der Waals surface area contributed by atoms with E-state index in [1.54, 1.807) is 13.8 Å². The van der Waals surface area contributed by atoms with Crippen molar-refractivity contribution in [3.8, 4) is 0 Å². The molecule has 0 spiro atoms. The Labute approximate surface area is 185 Å². The van der Waals surface area contributed by atoms with E-state index in [2.05, 4.69) is 10.3 Å². The summed E-state index contributed by atoms with van der Waals surface area (Å²) in [6.07, 6.45) is 0. The number of nitrogens with one attached hydrogen (secondary N) is 1. The molecule has 0 saturated heterocycles. The normalized spacial score (nSPS) is 11.9. The Hall–Kier alpha value is -2.07. The summed E-state index contributed by atoms with van der Waals surface area (Å²) in [5.74, 6) is -0.188. The average molecular weight is 467 g/mol. The molecule has 0 radical (unpaired) electrons. The largest absolute Gasteiger partial charge is 0.324 e. The second kappa shape index (κ2) is 9.38. The van der Waals surface area contributed by atoms with Gasteiger partial charge in [0.1, 0.15) is 0 Å². The van der Waals surface area contributed by atoms with E-state index in [-0.39, 0.29) is 27.3 Å². The number of thioether (sulfide) groups is 1. The van der Waals surface area contributed by atoms with Crippen molar-refractivity contribution in [2.45, 2.75) is 23.9 Å². The second-order valence-corrected chi connectivity index (χ2v) is 9.80. The molecule has 3 aromatic rings. The first-order valence-corrected chi connectivity index (χ1v) is 12.2. The first-order chi connectivity index (χ1) is 14.3. The molecule has 0 unspecified atom stereocenters. The molecule has 0 atom stereocenters. The van der Waals surface area contributed by atoms with E-state index in [4.69, 9.17) is 11.6 Å². The van der Waals surface area contributed by atoms with Gasteiger partial charge in [-0.05, 0) is 30.3 Å². The van der Waals surface area contributed by atoms with Crippen molar-refractivity contribution in [2.75, 3.05) is 24.2 Å². The highest BCUT2D eigenvalue weighted by Gasteiger charge is 2.23. The molecule has 1 aromatic heterocycles. The molecule has 7 nitrogen and oxygen atoms in total. The summed E-state index contributed by atoms with van der Waals surface area (Å²) >= 11 is 7.49. The van der Waals surface area contributed by atoms with Crippen LogP contribution in [-0.2, 0) is 21.9 Å². The molecule has 0 fully saturated rings. The van der Waals surface area contributed by atoms with Gasteiger partial charge in [-0.3, -0.25) is 4.79 Å². The van der Waals surface area contributed by atoms with Crippen molar-refractivity contribution in [1.82, 2.24) is 13.9 Å². The molecule has 0 aliphatic rings. The fraction of sp³-hybridized carbons (Fsp3) is 0.300. The predicted molar refractivity (Wildman–Crippen MR) is 122 cm³/mol. The van der Waals surface area contributed by atoms with Gasteiger partial charge < -0.3 is 9.88 Å². The maximum atomic E-state index is 12.7. The van der Waals surface area contributed by atoms with Gasteiger partial charge >= 0.3 is 0 Å². The van der Waals surface area contributed by atoms with Gasteiger partial charge in [-0.25, -0.2) is 13.4 Å². The number of nitrogens with zero attached hydrogens (tertiary/aromatic N) is 3. The molecule has 1 amide bonds. The first kappa shape index (κ1) is 22.6. The maximum Gasteiger partial charge on any atom is 0.243 e. The summed E-state index contributed by atoms with van der Waals surface area (Å²) in [5, 5.41) is 3.70. The zero-order valence-corrected chi connectivity index (χ0v) is 19.3. The van der Waals surface area contributed by atoms with Crippen molar-refractivity contribution in [1.29, 1.82) is 0 Å². The van der Waals surface area contributed by atoms with E-state index in [1.165, 1.54) is 34.3 Å². The van der Waals surface area contributed by atoms with E-state index < -0.39 is 10.0 Å². The number of rotatable bonds is 8. The summed E-state index contributed by atoms with van der Waals surface area (Å²) in [6, 6.07) is 12.1. The Kier molecular flexibility index (Phi) is 7.07. The number of fused-ring (bicyclic) bond motifs is 1. The Morgan fingerprint density at radius 3 is 2.57 bits per heavy atom. The van der Waals surface area contributed by atoms with Crippen molar-refractivity contribution in [2.24, 2.45) is 7.05 Å². The zero-order chi connectivity index (χ0) is 21.9. The summed E-state index contributed by atoms with van der Waals surface area (Å²) in [7, 11) is -1.75. The number of carbonyl (C=O) groups excluding carboxylic acids is 1. The van der Waals surface area contributed by atoms with Crippen LogP contribution < -0.4 is 5.32 Å². The van der Waals surface area contributed by atoms with E-state index in [0.717, 1.165) is 16.2 Å². The minimum atomic E-state index is -3.65. The fourth-order valence-electron chi connectivity index (χ4n) is 3.04. The molecule has 2 aromatic carbocycles. The highest BCUT2D eigenvalue weighted by atomic mass is 35.5. The molecule has 10 heteroatoms. The van der Waals surface area contributed by atoms with E-state index in [1.807, 2.05) is 35.9 Å². The number of carbonyl (C=O) groups is 1. The monoisotopic (exact) mass is 466 g/mol. The highest BCUT2D eigenvalue weighted by molar-refractivity contribution is 7.99. The average Bonchev–Trinajstić information content (AvgIpc) is 3.04. The lowest BCUT2D eigenvalue weighted by Gasteiger charge is -2.19. The van der Waals surface area contributed by atoms with Crippen LogP contribution in [0.15, 0.2) is 52.5 Å². The van der Waals surface area contributed by atoms with Crippen LogP contribution in [0.3, 0.4) is 0 Å². The van der Waals surface area contributed by atoms with E-state index in [0.29, 0.717) is 13.1 Å². The summed E-state index contributed by atoms with van der Waals surface area (Å²) in [5.41, 5.74) is 2.11. The van der Waals surface area contributed by atoms with Crippen LogP contribution >= 0.6 is 23.4 Å².